The number of hydrogen-bond donors (Lipinski definition) is 0. The predicted molar refractivity (Wildman–Crippen MR) is 103 cm³/mol. The molecule has 0 N–H and O–H groups in total. The molecule has 0 saturated carbocycles. The van der Waals surface area contributed by atoms with E-state index in [1.165, 1.54) is 5.56 Å². The maximum Gasteiger partial charge on any atom is 0.254 e. The predicted octanol–water partition coefficient (Wildman–Crippen LogP) is 2.92. The number of hydrogen-bond acceptors (Lipinski definition) is 4. The zero-order valence-corrected chi connectivity index (χ0v) is 16.3. The summed E-state index contributed by atoms with van der Waals surface area (Å²) in [6.45, 7) is 7.56. The molecule has 0 aliphatic carbocycles. The SMILES string of the molecule is CCc1ccc(C(=O)N2CC3(C2)OCC[C@H]3COCC2CCOCC2)cc1. The van der Waals surface area contributed by atoms with E-state index in [2.05, 4.69) is 6.92 Å². The Morgan fingerprint density at radius 3 is 2.56 bits per heavy atom. The van der Waals surface area contributed by atoms with Crippen molar-refractivity contribution in [3.63, 3.8) is 0 Å². The van der Waals surface area contributed by atoms with Crippen LogP contribution >= 0.6 is 0 Å². The van der Waals surface area contributed by atoms with Crippen LogP contribution in [0.2, 0.25) is 0 Å². The summed E-state index contributed by atoms with van der Waals surface area (Å²) >= 11 is 0. The summed E-state index contributed by atoms with van der Waals surface area (Å²) in [5, 5.41) is 0. The van der Waals surface area contributed by atoms with E-state index in [0.717, 1.165) is 64.3 Å². The molecule has 0 radical (unpaired) electrons. The van der Waals surface area contributed by atoms with Gasteiger partial charge in [0, 0.05) is 37.9 Å². The fraction of sp³-hybridized carbons (Fsp3) is 0.682. The lowest BCUT2D eigenvalue weighted by atomic mass is 9.81. The monoisotopic (exact) mass is 373 g/mol. The highest BCUT2D eigenvalue weighted by atomic mass is 16.5. The molecule has 3 saturated heterocycles. The van der Waals surface area contributed by atoms with Crippen LogP contribution in [-0.2, 0) is 20.6 Å². The Bertz CT molecular complexity index is 632. The van der Waals surface area contributed by atoms with Gasteiger partial charge in [0.25, 0.3) is 5.91 Å². The maximum atomic E-state index is 12.7. The Morgan fingerprint density at radius 1 is 1.11 bits per heavy atom. The summed E-state index contributed by atoms with van der Waals surface area (Å²) in [5.74, 6) is 1.13. The molecule has 3 heterocycles. The molecule has 1 amide bonds. The van der Waals surface area contributed by atoms with Gasteiger partial charge in [0.15, 0.2) is 0 Å². The first-order chi connectivity index (χ1) is 13.2. The van der Waals surface area contributed by atoms with Crippen LogP contribution in [0.1, 0.15) is 42.1 Å². The summed E-state index contributed by atoms with van der Waals surface area (Å²) in [6.07, 6.45) is 4.22. The highest BCUT2D eigenvalue weighted by Crippen LogP contribution is 2.40. The van der Waals surface area contributed by atoms with Crippen LogP contribution < -0.4 is 0 Å². The first-order valence-electron chi connectivity index (χ1n) is 10.4. The van der Waals surface area contributed by atoms with Gasteiger partial charge in [-0.05, 0) is 49.3 Å². The van der Waals surface area contributed by atoms with Crippen LogP contribution in [0.5, 0.6) is 0 Å². The summed E-state index contributed by atoms with van der Waals surface area (Å²) in [4.78, 5) is 14.6. The summed E-state index contributed by atoms with van der Waals surface area (Å²) < 4.78 is 17.6. The Balaban J connectivity index is 1.27. The molecule has 0 aromatic heterocycles. The molecule has 148 valence electrons. The molecular formula is C22H31NO4. The lowest BCUT2D eigenvalue weighted by Crippen LogP contribution is -2.66. The molecule has 3 aliphatic heterocycles. The molecule has 27 heavy (non-hydrogen) atoms. The zero-order chi connectivity index (χ0) is 18.7. The molecule has 1 aromatic carbocycles. The molecule has 1 atom stereocenters. The first kappa shape index (κ1) is 18.9. The van der Waals surface area contributed by atoms with Gasteiger partial charge >= 0.3 is 0 Å². The molecule has 5 nitrogen and oxygen atoms in total. The number of nitrogens with zero attached hydrogens (tertiary/aromatic N) is 1. The smallest absolute Gasteiger partial charge is 0.254 e. The van der Waals surface area contributed by atoms with Crippen molar-refractivity contribution >= 4 is 5.91 Å². The summed E-state index contributed by atoms with van der Waals surface area (Å²) in [5.41, 5.74) is 1.84. The topological polar surface area (TPSA) is 48.0 Å². The van der Waals surface area contributed by atoms with E-state index in [1.807, 2.05) is 29.2 Å². The Morgan fingerprint density at radius 2 is 1.85 bits per heavy atom. The number of ether oxygens (including phenoxy) is 3. The third-order valence-corrected chi connectivity index (χ3v) is 6.43. The zero-order valence-electron chi connectivity index (χ0n) is 16.3. The van der Waals surface area contributed by atoms with E-state index in [0.29, 0.717) is 24.9 Å². The van der Waals surface area contributed by atoms with Gasteiger partial charge in [-0.1, -0.05) is 19.1 Å². The van der Waals surface area contributed by atoms with Crippen molar-refractivity contribution in [3.05, 3.63) is 35.4 Å². The van der Waals surface area contributed by atoms with Crippen molar-refractivity contribution in [2.75, 3.05) is 46.1 Å². The highest BCUT2D eigenvalue weighted by Gasteiger charge is 2.54. The fourth-order valence-electron chi connectivity index (χ4n) is 4.47. The summed E-state index contributed by atoms with van der Waals surface area (Å²) in [7, 11) is 0. The van der Waals surface area contributed by atoms with Gasteiger partial charge in [-0.25, -0.2) is 0 Å². The Labute approximate surface area is 162 Å². The van der Waals surface area contributed by atoms with Crippen LogP contribution in [0.15, 0.2) is 24.3 Å². The Hall–Kier alpha value is -1.43. The number of likely N-dealkylation sites (tertiary alicyclic amines) is 1. The van der Waals surface area contributed by atoms with E-state index < -0.39 is 0 Å². The van der Waals surface area contributed by atoms with E-state index in [-0.39, 0.29) is 11.5 Å². The number of amides is 1. The number of carbonyl (C=O) groups excluding carboxylic acids is 1. The summed E-state index contributed by atoms with van der Waals surface area (Å²) in [6, 6.07) is 7.97. The molecular weight excluding hydrogens is 342 g/mol. The van der Waals surface area contributed by atoms with Crippen molar-refractivity contribution in [2.24, 2.45) is 11.8 Å². The van der Waals surface area contributed by atoms with Gasteiger partial charge in [-0.15, -0.1) is 0 Å². The van der Waals surface area contributed by atoms with Crippen molar-refractivity contribution in [3.8, 4) is 0 Å². The van der Waals surface area contributed by atoms with Crippen molar-refractivity contribution in [1.82, 2.24) is 4.90 Å². The lowest BCUT2D eigenvalue weighted by Gasteiger charge is -2.50. The standard InChI is InChI=1S/C22H31NO4/c1-2-17-3-5-19(6-4-17)21(24)23-15-22(16-23)20(9-12-27-22)14-26-13-18-7-10-25-11-8-18/h3-6,18,20H,2,7-16H2,1H3/t20-/m0/s1. The van der Waals surface area contributed by atoms with Crippen molar-refractivity contribution in [2.45, 2.75) is 38.2 Å². The average molecular weight is 373 g/mol. The second kappa shape index (κ2) is 8.29. The molecule has 1 aromatic rings. The first-order valence-corrected chi connectivity index (χ1v) is 10.4. The highest BCUT2D eigenvalue weighted by molar-refractivity contribution is 5.95. The van der Waals surface area contributed by atoms with E-state index in [9.17, 15) is 4.79 Å². The molecule has 3 fully saturated rings. The second-order valence-electron chi connectivity index (χ2n) is 8.20. The Kier molecular flexibility index (Phi) is 5.81. The van der Waals surface area contributed by atoms with Gasteiger partial charge < -0.3 is 19.1 Å². The van der Waals surface area contributed by atoms with E-state index in [1.54, 1.807) is 0 Å². The molecule has 0 bridgehead atoms. The minimum absolute atomic E-state index is 0.112. The molecule has 0 unspecified atom stereocenters. The van der Waals surface area contributed by atoms with Crippen LogP contribution in [-0.4, -0.2) is 62.5 Å². The number of aryl methyl sites for hydroxylation is 1. The average Bonchev–Trinajstić information content (AvgIpc) is 3.11. The van der Waals surface area contributed by atoms with Gasteiger partial charge in [0.1, 0.15) is 5.60 Å². The second-order valence-corrected chi connectivity index (χ2v) is 8.20. The molecule has 5 heteroatoms. The number of rotatable bonds is 6. The van der Waals surface area contributed by atoms with Gasteiger partial charge in [-0.3, -0.25) is 4.79 Å². The van der Waals surface area contributed by atoms with Gasteiger partial charge in [0.2, 0.25) is 0 Å². The van der Waals surface area contributed by atoms with E-state index >= 15 is 0 Å². The third kappa shape index (κ3) is 4.05. The van der Waals surface area contributed by atoms with Crippen LogP contribution in [0.25, 0.3) is 0 Å². The fourth-order valence-corrected chi connectivity index (χ4v) is 4.47. The molecule has 3 aliphatic rings. The van der Waals surface area contributed by atoms with Gasteiger partial charge in [-0.2, -0.15) is 0 Å². The third-order valence-electron chi connectivity index (χ3n) is 6.43. The maximum absolute atomic E-state index is 12.7. The number of benzene rings is 1. The van der Waals surface area contributed by atoms with Crippen LogP contribution in [0, 0.1) is 11.8 Å². The van der Waals surface area contributed by atoms with Crippen LogP contribution in [0.3, 0.4) is 0 Å². The van der Waals surface area contributed by atoms with Crippen LogP contribution in [0.4, 0.5) is 0 Å². The minimum atomic E-state index is -0.186. The minimum Gasteiger partial charge on any atom is -0.381 e. The molecule has 4 rings (SSSR count). The number of carbonyl (C=O) groups is 1. The van der Waals surface area contributed by atoms with Crippen molar-refractivity contribution in [1.29, 1.82) is 0 Å². The molecule has 1 spiro atoms. The van der Waals surface area contributed by atoms with E-state index in [4.69, 9.17) is 14.2 Å². The van der Waals surface area contributed by atoms with Gasteiger partial charge in [0.05, 0.1) is 19.7 Å². The quantitative estimate of drug-likeness (QED) is 0.769. The largest absolute Gasteiger partial charge is 0.381 e. The normalized spacial score (nSPS) is 24.9. The van der Waals surface area contributed by atoms with Crippen molar-refractivity contribution < 1.29 is 19.0 Å². The lowest BCUT2D eigenvalue weighted by molar-refractivity contribution is -0.129.